The third-order valence-corrected chi connectivity index (χ3v) is 2.66. The second kappa shape index (κ2) is 7.35. The van der Waals surface area contributed by atoms with Crippen molar-refractivity contribution < 1.29 is 14.7 Å². The number of hydrogen-bond acceptors (Lipinski definition) is 3. The Morgan fingerprint density at radius 2 is 2.21 bits per heavy atom. The molecule has 1 unspecified atom stereocenters. The highest BCUT2D eigenvalue weighted by atomic mass is 16.4. The molecule has 0 aliphatic carbocycles. The molecule has 2 amide bonds. The first-order chi connectivity index (χ1) is 8.99. The van der Waals surface area contributed by atoms with Crippen molar-refractivity contribution in [3.63, 3.8) is 0 Å². The number of aliphatic carboxylic acids is 1. The maximum absolute atomic E-state index is 11.7. The average Bonchev–Trinajstić information content (AvgIpc) is 2.31. The Balaban J connectivity index is 2.35. The predicted octanol–water partition coefficient (Wildman–Crippen LogP) is 2.15. The number of carboxylic acid groups (broad SMARTS) is 1. The lowest BCUT2D eigenvalue weighted by Gasteiger charge is -2.14. The van der Waals surface area contributed by atoms with Gasteiger partial charge in [0.25, 0.3) is 0 Å². The number of aryl methyl sites for hydroxylation is 1. The molecule has 0 aliphatic heterocycles. The highest BCUT2D eigenvalue weighted by molar-refractivity contribution is 5.89. The number of aromatic nitrogens is 1. The molecule has 0 saturated carbocycles. The highest BCUT2D eigenvalue weighted by Gasteiger charge is 2.09. The highest BCUT2D eigenvalue weighted by Crippen LogP contribution is 2.10. The summed E-state index contributed by atoms with van der Waals surface area (Å²) in [5, 5.41) is 14.0. The molecule has 3 N–H and O–H groups in total. The number of carboxylic acids is 1. The van der Waals surface area contributed by atoms with E-state index in [-0.39, 0.29) is 18.5 Å². The first-order valence-corrected chi connectivity index (χ1v) is 6.20. The molecule has 0 aliphatic rings. The van der Waals surface area contributed by atoms with Crippen molar-refractivity contribution in [2.24, 2.45) is 0 Å². The van der Waals surface area contributed by atoms with E-state index in [4.69, 9.17) is 5.11 Å². The number of carbonyl (C=O) groups excluding carboxylic acids is 1. The number of carbonyl (C=O) groups is 2. The molecule has 19 heavy (non-hydrogen) atoms. The van der Waals surface area contributed by atoms with E-state index in [0.717, 1.165) is 5.69 Å². The molecule has 0 aromatic carbocycles. The molecule has 0 radical (unpaired) electrons. The predicted molar refractivity (Wildman–Crippen MR) is 72.1 cm³/mol. The smallest absolute Gasteiger partial charge is 0.319 e. The third kappa shape index (κ3) is 5.85. The van der Waals surface area contributed by atoms with Crippen LogP contribution in [0.15, 0.2) is 18.3 Å². The average molecular weight is 265 g/mol. The van der Waals surface area contributed by atoms with Gasteiger partial charge in [0, 0.05) is 18.7 Å². The molecular weight excluding hydrogens is 246 g/mol. The Morgan fingerprint density at radius 1 is 1.47 bits per heavy atom. The fourth-order valence-corrected chi connectivity index (χ4v) is 1.63. The molecule has 1 aromatic rings. The van der Waals surface area contributed by atoms with Gasteiger partial charge in [-0.05, 0) is 38.8 Å². The Hall–Kier alpha value is -2.11. The number of hydrogen-bond donors (Lipinski definition) is 3. The van der Waals surface area contributed by atoms with Crippen LogP contribution in [0.1, 0.15) is 31.9 Å². The number of pyridine rings is 1. The van der Waals surface area contributed by atoms with Crippen LogP contribution in [0.2, 0.25) is 0 Å². The van der Waals surface area contributed by atoms with Crippen LogP contribution >= 0.6 is 0 Å². The zero-order valence-electron chi connectivity index (χ0n) is 11.1. The molecule has 104 valence electrons. The first-order valence-electron chi connectivity index (χ1n) is 6.20. The Bertz CT molecular complexity index is 449. The Kier molecular flexibility index (Phi) is 5.78. The lowest BCUT2D eigenvalue weighted by molar-refractivity contribution is -0.137. The summed E-state index contributed by atoms with van der Waals surface area (Å²) < 4.78 is 0. The second-order valence-electron chi connectivity index (χ2n) is 4.42. The van der Waals surface area contributed by atoms with Crippen molar-refractivity contribution in [1.29, 1.82) is 0 Å². The maximum Gasteiger partial charge on any atom is 0.319 e. The fraction of sp³-hybridized carbons (Fsp3) is 0.462. The first kappa shape index (κ1) is 14.9. The van der Waals surface area contributed by atoms with Crippen LogP contribution in [-0.2, 0) is 4.79 Å². The number of anilines is 1. The number of nitrogens with zero attached hydrogens (tertiary/aromatic N) is 1. The van der Waals surface area contributed by atoms with Gasteiger partial charge in [0.2, 0.25) is 0 Å². The monoisotopic (exact) mass is 265 g/mol. The molecule has 1 rings (SSSR count). The zero-order valence-corrected chi connectivity index (χ0v) is 11.1. The van der Waals surface area contributed by atoms with Gasteiger partial charge < -0.3 is 15.7 Å². The lowest BCUT2D eigenvalue weighted by atomic mass is 10.1. The van der Waals surface area contributed by atoms with Crippen LogP contribution in [0.3, 0.4) is 0 Å². The largest absolute Gasteiger partial charge is 0.481 e. The number of rotatable bonds is 6. The van der Waals surface area contributed by atoms with Crippen molar-refractivity contribution in [1.82, 2.24) is 10.3 Å². The van der Waals surface area contributed by atoms with Gasteiger partial charge in [-0.25, -0.2) is 4.79 Å². The lowest BCUT2D eigenvalue weighted by Crippen LogP contribution is -2.36. The van der Waals surface area contributed by atoms with Gasteiger partial charge in [-0.3, -0.25) is 9.78 Å². The molecular formula is C13H19N3O3. The molecule has 0 fully saturated rings. The molecule has 0 saturated heterocycles. The minimum atomic E-state index is -0.817. The Labute approximate surface area is 112 Å². The van der Waals surface area contributed by atoms with E-state index in [1.54, 1.807) is 18.3 Å². The summed E-state index contributed by atoms with van der Waals surface area (Å²) >= 11 is 0. The van der Waals surface area contributed by atoms with Crippen molar-refractivity contribution in [2.45, 2.75) is 39.2 Å². The standard InChI is InChI=1S/C13H19N3O3/c1-9(5-3-7-12(17)18)15-13(19)16-11-6-4-8-14-10(11)2/h4,6,8-9H,3,5,7H2,1-2H3,(H,17,18)(H2,15,16,19). The van der Waals surface area contributed by atoms with Crippen molar-refractivity contribution >= 4 is 17.7 Å². The number of nitrogens with one attached hydrogen (secondary N) is 2. The second-order valence-corrected chi connectivity index (χ2v) is 4.42. The van der Waals surface area contributed by atoms with E-state index in [1.807, 2.05) is 13.8 Å². The van der Waals surface area contributed by atoms with E-state index in [2.05, 4.69) is 15.6 Å². The summed E-state index contributed by atoms with van der Waals surface area (Å²) in [6.45, 7) is 3.66. The van der Waals surface area contributed by atoms with E-state index < -0.39 is 5.97 Å². The van der Waals surface area contributed by atoms with Gasteiger partial charge in [-0.1, -0.05) is 0 Å². The van der Waals surface area contributed by atoms with Gasteiger partial charge in [0.1, 0.15) is 0 Å². The summed E-state index contributed by atoms with van der Waals surface area (Å²) in [5.41, 5.74) is 1.41. The summed E-state index contributed by atoms with van der Waals surface area (Å²) in [4.78, 5) is 26.2. The van der Waals surface area contributed by atoms with Gasteiger partial charge >= 0.3 is 12.0 Å². The molecule has 6 heteroatoms. The molecule has 6 nitrogen and oxygen atoms in total. The van der Waals surface area contributed by atoms with E-state index >= 15 is 0 Å². The Morgan fingerprint density at radius 3 is 2.84 bits per heavy atom. The van der Waals surface area contributed by atoms with Gasteiger partial charge in [-0.2, -0.15) is 0 Å². The number of urea groups is 1. The maximum atomic E-state index is 11.7. The minimum Gasteiger partial charge on any atom is -0.481 e. The molecule has 1 aromatic heterocycles. The van der Waals surface area contributed by atoms with Crippen LogP contribution in [0.4, 0.5) is 10.5 Å². The summed E-state index contributed by atoms with van der Waals surface area (Å²) in [5.74, 6) is -0.817. The summed E-state index contributed by atoms with van der Waals surface area (Å²) in [7, 11) is 0. The van der Waals surface area contributed by atoms with Crippen LogP contribution in [0.25, 0.3) is 0 Å². The van der Waals surface area contributed by atoms with Crippen LogP contribution in [0, 0.1) is 6.92 Å². The van der Waals surface area contributed by atoms with Gasteiger partial charge in [0.15, 0.2) is 0 Å². The van der Waals surface area contributed by atoms with E-state index in [9.17, 15) is 9.59 Å². The topological polar surface area (TPSA) is 91.3 Å². The summed E-state index contributed by atoms with van der Waals surface area (Å²) in [6.07, 6.45) is 2.96. The normalized spacial score (nSPS) is 11.7. The quantitative estimate of drug-likeness (QED) is 0.735. The van der Waals surface area contributed by atoms with Gasteiger partial charge in [0.05, 0.1) is 11.4 Å². The van der Waals surface area contributed by atoms with Crippen LogP contribution in [-0.4, -0.2) is 28.1 Å². The van der Waals surface area contributed by atoms with Crippen molar-refractivity contribution in [3.05, 3.63) is 24.0 Å². The minimum absolute atomic E-state index is 0.0728. The van der Waals surface area contributed by atoms with Crippen molar-refractivity contribution in [2.75, 3.05) is 5.32 Å². The fourth-order valence-electron chi connectivity index (χ4n) is 1.63. The van der Waals surface area contributed by atoms with Crippen LogP contribution < -0.4 is 10.6 Å². The molecule has 0 bridgehead atoms. The summed E-state index contributed by atoms with van der Waals surface area (Å²) in [6, 6.07) is 3.14. The van der Waals surface area contributed by atoms with E-state index in [0.29, 0.717) is 18.5 Å². The zero-order chi connectivity index (χ0) is 14.3. The third-order valence-electron chi connectivity index (χ3n) is 2.66. The van der Waals surface area contributed by atoms with Crippen molar-refractivity contribution in [3.8, 4) is 0 Å². The number of amides is 2. The molecule has 1 atom stereocenters. The molecule has 0 spiro atoms. The van der Waals surface area contributed by atoms with E-state index in [1.165, 1.54) is 0 Å². The van der Waals surface area contributed by atoms with Crippen LogP contribution in [0.5, 0.6) is 0 Å². The molecule has 1 heterocycles. The van der Waals surface area contributed by atoms with Gasteiger partial charge in [-0.15, -0.1) is 0 Å². The SMILES string of the molecule is Cc1ncccc1NC(=O)NC(C)CCCC(=O)O.